The maximum absolute atomic E-state index is 6.60. The molecule has 0 amide bonds. The van der Waals surface area contributed by atoms with Crippen LogP contribution in [0, 0.1) is 12.8 Å². The highest BCUT2D eigenvalue weighted by Crippen LogP contribution is 2.37. The molecule has 3 aromatic rings. The molecule has 2 aromatic heterocycles. The molecule has 4 fully saturated rings. The standard InChI is InChI=1S/C27H33N5O3/c1-17-30-19(10-20(31-17)16-33-2)9-18-3-5-22(6-4-18)35-26-12-21(11-25-27(26)29-8-7-28-25)32-14-23-13-24(15-32)34-23/h7-8,10-12,18,22-24H,3-6,9,13-16H2,1-2H3. The number of ether oxygens (including phenoxy) is 3. The molecular weight excluding hydrogens is 442 g/mol. The molecule has 0 radical (unpaired) electrons. The number of fused-ring (bicyclic) bond motifs is 3. The fourth-order valence-electron chi connectivity index (χ4n) is 5.82. The number of hydrogen-bond acceptors (Lipinski definition) is 8. The van der Waals surface area contributed by atoms with Gasteiger partial charge < -0.3 is 19.1 Å². The molecular formula is C27H33N5O3. The fraction of sp³-hybridized carbons (Fsp3) is 0.556. The highest BCUT2D eigenvalue weighted by Gasteiger charge is 2.38. The van der Waals surface area contributed by atoms with Crippen molar-refractivity contribution in [2.24, 2.45) is 5.92 Å². The minimum absolute atomic E-state index is 0.195. The molecule has 2 bridgehead atoms. The van der Waals surface area contributed by atoms with Crippen LogP contribution in [0.4, 0.5) is 5.69 Å². The molecule has 184 valence electrons. The number of anilines is 1. The van der Waals surface area contributed by atoms with Gasteiger partial charge in [-0.1, -0.05) is 0 Å². The van der Waals surface area contributed by atoms with E-state index in [1.54, 1.807) is 19.5 Å². The normalized spacial score (nSPS) is 25.9. The third kappa shape index (κ3) is 4.95. The van der Waals surface area contributed by atoms with Gasteiger partial charge >= 0.3 is 0 Å². The number of rotatable bonds is 7. The van der Waals surface area contributed by atoms with Crippen LogP contribution < -0.4 is 9.64 Å². The van der Waals surface area contributed by atoms with Crippen LogP contribution in [0.1, 0.15) is 49.3 Å². The van der Waals surface area contributed by atoms with E-state index >= 15 is 0 Å². The van der Waals surface area contributed by atoms with Crippen LogP contribution in [-0.4, -0.2) is 58.4 Å². The average molecular weight is 476 g/mol. The van der Waals surface area contributed by atoms with Crippen LogP contribution in [0.25, 0.3) is 11.0 Å². The number of methoxy groups -OCH3 is 1. The molecule has 8 nitrogen and oxygen atoms in total. The number of aromatic nitrogens is 4. The molecule has 0 N–H and O–H groups in total. The molecule has 4 aliphatic rings. The van der Waals surface area contributed by atoms with Gasteiger partial charge in [-0.15, -0.1) is 0 Å². The van der Waals surface area contributed by atoms with Gasteiger partial charge in [-0.3, -0.25) is 4.98 Å². The van der Waals surface area contributed by atoms with E-state index in [0.29, 0.717) is 24.7 Å². The second kappa shape index (κ2) is 9.66. The zero-order valence-corrected chi connectivity index (χ0v) is 20.5. The predicted molar refractivity (Wildman–Crippen MR) is 133 cm³/mol. The Morgan fingerprint density at radius 3 is 2.49 bits per heavy atom. The summed E-state index contributed by atoms with van der Waals surface area (Å²) >= 11 is 0. The first kappa shape index (κ1) is 22.6. The maximum atomic E-state index is 6.60. The Kier molecular flexibility index (Phi) is 6.24. The Morgan fingerprint density at radius 2 is 1.71 bits per heavy atom. The third-order valence-electron chi connectivity index (χ3n) is 7.47. The van der Waals surface area contributed by atoms with Crippen molar-refractivity contribution in [3.05, 3.63) is 47.8 Å². The van der Waals surface area contributed by atoms with Crippen molar-refractivity contribution < 1.29 is 14.2 Å². The largest absolute Gasteiger partial charge is 0.488 e. The molecule has 2 atom stereocenters. The van der Waals surface area contributed by atoms with Crippen molar-refractivity contribution in [3.8, 4) is 5.75 Å². The van der Waals surface area contributed by atoms with Crippen LogP contribution in [-0.2, 0) is 22.5 Å². The van der Waals surface area contributed by atoms with Crippen molar-refractivity contribution in [1.82, 2.24) is 19.9 Å². The quantitative estimate of drug-likeness (QED) is 0.507. The molecule has 1 aromatic carbocycles. The Balaban J connectivity index is 1.13. The summed E-state index contributed by atoms with van der Waals surface area (Å²) in [5.41, 5.74) is 4.97. The number of hydrogen-bond donors (Lipinski definition) is 0. The van der Waals surface area contributed by atoms with Crippen LogP contribution in [0.5, 0.6) is 5.75 Å². The highest BCUT2D eigenvalue weighted by atomic mass is 16.5. The molecule has 3 saturated heterocycles. The number of benzene rings is 1. The zero-order chi connectivity index (χ0) is 23.8. The first-order chi connectivity index (χ1) is 17.1. The monoisotopic (exact) mass is 475 g/mol. The Hall–Kier alpha value is -2.84. The van der Waals surface area contributed by atoms with Crippen LogP contribution in [0.15, 0.2) is 30.6 Å². The van der Waals surface area contributed by atoms with Gasteiger partial charge in [-0.2, -0.15) is 0 Å². The van der Waals surface area contributed by atoms with Crippen LogP contribution in [0.2, 0.25) is 0 Å². The van der Waals surface area contributed by atoms with E-state index in [4.69, 9.17) is 14.2 Å². The summed E-state index contributed by atoms with van der Waals surface area (Å²) in [5, 5.41) is 0. The van der Waals surface area contributed by atoms with Gasteiger partial charge in [0.25, 0.3) is 0 Å². The van der Waals surface area contributed by atoms with E-state index in [2.05, 4.69) is 43.0 Å². The minimum Gasteiger partial charge on any atom is -0.488 e. The first-order valence-corrected chi connectivity index (χ1v) is 12.8. The van der Waals surface area contributed by atoms with Gasteiger partial charge in [0.15, 0.2) is 0 Å². The van der Waals surface area contributed by atoms with Crippen molar-refractivity contribution in [2.45, 2.75) is 70.4 Å². The lowest BCUT2D eigenvalue weighted by atomic mass is 9.84. The average Bonchev–Trinajstić information content (AvgIpc) is 2.85. The van der Waals surface area contributed by atoms with Crippen molar-refractivity contribution >= 4 is 16.7 Å². The molecule has 5 heterocycles. The van der Waals surface area contributed by atoms with E-state index in [1.165, 1.54) is 6.42 Å². The topological polar surface area (TPSA) is 82.5 Å². The van der Waals surface area contributed by atoms with Crippen molar-refractivity contribution in [2.75, 3.05) is 25.1 Å². The molecule has 3 aliphatic heterocycles. The van der Waals surface area contributed by atoms with Gasteiger partial charge in [-0.05, 0) is 57.1 Å². The van der Waals surface area contributed by atoms with E-state index in [0.717, 1.165) is 84.9 Å². The molecule has 7 rings (SSSR count). The summed E-state index contributed by atoms with van der Waals surface area (Å²) in [6.45, 7) is 4.34. The van der Waals surface area contributed by atoms with Gasteiger partial charge in [0.05, 0.1) is 36.1 Å². The van der Waals surface area contributed by atoms with Crippen LogP contribution in [0.3, 0.4) is 0 Å². The fourth-order valence-corrected chi connectivity index (χ4v) is 5.82. The minimum atomic E-state index is 0.195. The second-order valence-electron chi connectivity index (χ2n) is 10.2. The highest BCUT2D eigenvalue weighted by molar-refractivity contribution is 5.85. The molecule has 8 heteroatoms. The lowest BCUT2D eigenvalue weighted by Gasteiger charge is -2.48. The van der Waals surface area contributed by atoms with E-state index in [9.17, 15) is 0 Å². The molecule has 35 heavy (non-hydrogen) atoms. The van der Waals surface area contributed by atoms with Gasteiger partial charge in [0, 0.05) is 56.5 Å². The van der Waals surface area contributed by atoms with Crippen molar-refractivity contribution in [3.63, 3.8) is 0 Å². The number of piperidine rings is 1. The summed E-state index contributed by atoms with van der Waals surface area (Å²) in [7, 11) is 1.70. The van der Waals surface area contributed by atoms with Crippen LogP contribution >= 0.6 is 0 Å². The summed E-state index contributed by atoms with van der Waals surface area (Å²) < 4.78 is 17.7. The van der Waals surface area contributed by atoms with Gasteiger partial charge in [0.2, 0.25) is 0 Å². The molecule has 0 spiro atoms. The first-order valence-electron chi connectivity index (χ1n) is 12.8. The maximum Gasteiger partial charge on any atom is 0.149 e. The predicted octanol–water partition coefficient (Wildman–Crippen LogP) is 4.03. The summed E-state index contributed by atoms with van der Waals surface area (Å²) in [4.78, 5) is 20.7. The molecule has 1 saturated carbocycles. The Morgan fingerprint density at radius 1 is 0.971 bits per heavy atom. The molecule has 2 unspecified atom stereocenters. The van der Waals surface area contributed by atoms with E-state index in [-0.39, 0.29) is 6.10 Å². The lowest BCUT2D eigenvalue weighted by Crippen LogP contribution is -2.57. The Labute approximate surface area is 206 Å². The third-order valence-corrected chi connectivity index (χ3v) is 7.47. The molecule has 1 aliphatic carbocycles. The second-order valence-corrected chi connectivity index (χ2v) is 10.2. The number of nitrogens with zero attached hydrogens (tertiary/aromatic N) is 5. The van der Waals surface area contributed by atoms with E-state index < -0.39 is 0 Å². The number of aryl methyl sites for hydroxylation is 1. The number of morpholine rings is 1. The Bertz CT molecular complexity index is 1180. The van der Waals surface area contributed by atoms with Gasteiger partial charge in [0.1, 0.15) is 17.1 Å². The van der Waals surface area contributed by atoms with E-state index in [1.807, 2.05) is 6.92 Å². The SMILES string of the molecule is COCc1cc(CC2CCC(Oc3cc(N4CC5CC(C4)O5)cc4nccnc34)CC2)nc(C)n1. The smallest absolute Gasteiger partial charge is 0.149 e. The van der Waals surface area contributed by atoms with Gasteiger partial charge in [-0.25, -0.2) is 15.0 Å². The summed E-state index contributed by atoms with van der Waals surface area (Å²) in [6, 6.07) is 6.39. The summed E-state index contributed by atoms with van der Waals surface area (Å²) in [5.74, 6) is 2.28. The summed E-state index contributed by atoms with van der Waals surface area (Å²) in [6.07, 6.45) is 10.9. The lowest BCUT2D eigenvalue weighted by molar-refractivity contribution is -0.133. The van der Waals surface area contributed by atoms with Crippen molar-refractivity contribution in [1.29, 1.82) is 0 Å². The zero-order valence-electron chi connectivity index (χ0n) is 20.5.